The molecule has 6 heteroatoms. The van der Waals surface area contributed by atoms with Gasteiger partial charge in [0.1, 0.15) is 5.75 Å². The molecule has 0 spiro atoms. The minimum Gasteiger partial charge on any atom is -0.496 e. The SMILES string of the molecule is COc1cc(C(F)(F)F)cc(Cl)c1CO. The zero-order valence-corrected chi connectivity index (χ0v) is 8.49. The molecule has 1 rings (SSSR count). The number of halogens is 4. The van der Waals surface area contributed by atoms with Gasteiger partial charge >= 0.3 is 6.18 Å². The van der Waals surface area contributed by atoms with Gasteiger partial charge in [0.2, 0.25) is 0 Å². The Morgan fingerprint density at radius 2 is 2.00 bits per heavy atom. The molecule has 0 saturated heterocycles. The third kappa shape index (κ3) is 2.54. The highest BCUT2D eigenvalue weighted by Crippen LogP contribution is 2.36. The van der Waals surface area contributed by atoms with Gasteiger partial charge in [-0.2, -0.15) is 13.2 Å². The lowest BCUT2D eigenvalue weighted by Crippen LogP contribution is -2.06. The Labute approximate surface area is 89.2 Å². The highest BCUT2D eigenvalue weighted by Gasteiger charge is 2.32. The third-order valence-electron chi connectivity index (χ3n) is 1.86. The van der Waals surface area contributed by atoms with Crippen LogP contribution in [-0.2, 0) is 12.8 Å². The van der Waals surface area contributed by atoms with E-state index in [2.05, 4.69) is 0 Å². The molecule has 84 valence electrons. The van der Waals surface area contributed by atoms with Gasteiger partial charge in [-0.15, -0.1) is 0 Å². The van der Waals surface area contributed by atoms with Crippen molar-refractivity contribution in [2.75, 3.05) is 7.11 Å². The summed E-state index contributed by atoms with van der Waals surface area (Å²) < 4.78 is 41.7. The van der Waals surface area contributed by atoms with E-state index in [9.17, 15) is 13.2 Å². The van der Waals surface area contributed by atoms with Crippen LogP contribution in [0.5, 0.6) is 5.75 Å². The Morgan fingerprint density at radius 1 is 1.40 bits per heavy atom. The highest BCUT2D eigenvalue weighted by molar-refractivity contribution is 6.31. The fraction of sp³-hybridized carbons (Fsp3) is 0.333. The highest BCUT2D eigenvalue weighted by atomic mass is 35.5. The molecule has 2 nitrogen and oxygen atoms in total. The van der Waals surface area contributed by atoms with Crippen LogP contribution < -0.4 is 4.74 Å². The van der Waals surface area contributed by atoms with E-state index in [0.717, 1.165) is 12.1 Å². The first kappa shape index (κ1) is 12.1. The summed E-state index contributed by atoms with van der Waals surface area (Å²) in [6.45, 7) is -0.472. The van der Waals surface area contributed by atoms with Crippen LogP contribution in [0.2, 0.25) is 5.02 Å². The van der Waals surface area contributed by atoms with Gasteiger partial charge in [-0.25, -0.2) is 0 Å². The summed E-state index contributed by atoms with van der Waals surface area (Å²) in [5, 5.41) is 8.72. The van der Waals surface area contributed by atoms with Gasteiger partial charge in [0, 0.05) is 5.56 Å². The molecular weight excluding hydrogens is 233 g/mol. The van der Waals surface area contributed by atoms with E-state index in [1.165, 1.54) is 7.11 Å². The van der Waals surface area contributed by atoms with E-state index in [1.807, 2.05) is 0 Å². The number of hydrogen-bond donors (Lipinski definition) is 1. The number of ether oxygens (including phenoxy) is 1. The molecule has 0 atom stereocenters. The van der Waals surface area contributed by atoms with Crippen molar-refractivity contribution in [3.8, 4) is 5.75 Å². The molecule has 0 aliphatic heterocycles. The first-order valence-corrected chi connectivity index (χ1v) is 4.32. The van der Waals surface area contributed by atoms with Crippen LogP contribution in [0.25, 0.3) is 0 Å². The summed E-state index contributed by atoms with van der Waals surface area (Å²) in [5.41, 5.74) is -0.756. The molecule has 15 heavy (non-hydrogen) atoms. The van der Waals surface area contributed by atoms with E-state index in [-0.39, 0.29) is 16.3 Å². The fourth-order valence-corrected chi connectivity index (χ4v) is 1.38. The normalized spacial score (nSPS) is 11.6. The lowest BCUT2D eigenvalue weighted by molar-refractivity contribution is -0.137. The molecule has 1 N–H and O–H groups in total. The topological polar surface area (TPSA) is 29.5 Å². The molecular formula is C9H8ClF3O2. The minimum absolute atomic E-state index is 0.0719. The predicted octanol–water partition coefficient (Wildman–Crippen LogP) is 2.86. The summed E-state index contributed by atoms with van der Waals surface area (Å²) in [6, 6.07) is 1.56. The summed E-state index contributed by atoms with van der Waals surface area (Å²) in [4.78, 5) is 0. The van der Waals surface area contributed by atoms with Crippen molar-refractivity contribution in [3.63, 3.8) is 0 Å². The van der Waals surface area contributed by atoms with Crippen LogP contribution in [0, 0.1) is 0 Å². The van der Waals surface area contributed by atoms with E-state index in [1.54, 1.807) is 0 Å². The number of aliphatic hydroxyl groups excluding tert-OH is 1. The second-order valence-electron chi connectivity index (χ2n) is 2.79. The monoisotopic (exact) mass is 240 g/mol. The molecule has 0 unspecified atom stereocenters. The van der Waals surface area contributed by atoms with E-state index in [0.29, 0.717) is 0 Å². The van der Waals surface area contributed by atoms with Crippen molar-refractivity contribution >= 4 is 11.6 Å². The first-order valence-electron chi connectivity index (χ1n) is 3.94. The maximum Gasteiger partial charge on any atom is 0.416 e. The predicted molar refractivity (Wildman–Crippen MR) is 48.9 cm³/mol. The number of rotatable bonds is 2. The Kier molecular flexibility index (Phi) is 3.46. The summed E-state index contributed by atoms with van der Waals surface area (Å²) in [7, 11) is 1.21. The molecule has 0 saturated carbocycles. The quantitative estimate of drug-likeness (QED) is 0.861. The van der Waals surface area contributed by atoms with E-state index in [4.69, 9.17) is 21.4 Å². The number of methoxy groups -OCH3 is 1. The molecule has 0 heterocycles. The molecule has 1 aromatic rings. The first-order chi connectivity index (χ1) is 6.90. The number of hydrogen-bond acceptors (Lipinski definition) is 2. The molecule has 0 aliphatic rings. The average Bonchev–Trinajstić information content (AvgIpc) is 2.15. The van der Waals surface area contributed by atoms with Crippen LogP contribution in [0.4, 0.5) is 13.2 Å². The average molecular weight is 241 g/mol. The van der Waals surface area contributed by atoms with Crippen LogP contribution in [0.15, 0.2) is 12.1 Å². The number of benzene rings is 1. The van der Waals surface area contributed by atoms with Gasteiger partial charge in [-0.05, 0) is 12.1 Å². The smallest absolute Gasteiger partial charge is 0.416 e. The molecule has 0 radical (unpaired) electrons. The van der Waals surface area contributed by atoms with Crippen molar-refractivity contribution in [2.45, 2.75) is 12.8 Å². The summed E-state index contributed by atoms with van der Waals surface area (Å²) in [5.74, 6) is -0.0719. The summed E-state index contributed by atoms with van der Waals surface area (Å²) >= 11 is 5.58. The van der Waals surface area contributed by atoms with Crippen molar-refractivity contribution in [3.05, 3.63) is 28.3 Å². The van der Waals surface area contributed by atoms with Crippen LogP contribution >= 0.6 is 11.6 Å². The van der Waals surface area contributed by atoms with E-state index >= 15 is 0 Å². The van der Waals surface area contributed by atoms with Crippen molar-refractivity contribution in [1.29, 1.82) is 0 Å². The number of alkyl halides is 3. The second kappa shape index (κ2) is 4.28. The lowest BCUT2D eigenvalue weighted by atomic mass is 10.1. The fourth-order valence-electron chi connectivity index (χ4n) is 1.11. The van der Waals surface area contributed by atoms with Crippen molar-refractivity contribution in [2.24, 2.45) is 0 Å². The standard InChI is InChI=1S/C9H8ClF3O2/c1-15-8-3-5(9(11,12)13)2-7(10)6(8)4-14/h2-3,14H,4H2,1H3. The Bertz CT molecular complexity index is 363. The number of aliphatic hydroxyl groups is 1. The Morgan fingerprint density at radius 3 is 2.40 bits per heavy atom. The van der Waals surface area contributed by atoms with Gasteiger partial charge in [-0.3, -0.25) is 0 Å². The zero-order chi connectivity index (χ0) is 11.6. The minimum atomic E-state index is -4.48. The molecule has 0 fully saturated rings. The van der Waals surface area contributed by atoms with Crippen LogP contribution in [0.1, 0.15) is 11.1 Å². The third-order valence-corrected chi connectivity index (χ3v) is 2.20. The maximum absolute atomic E-state index is 12.3. The van der Waals surface area contributed by atoms with Gasteiger partial charge in [-0.1, -0.05) is 11.6 Å². The molecule has 0 bridgehead atoms. The van der Waals surface area contributed by atoms with Crippen molar-refractivity contribution < 1.29 is 23.0 Å². The van der Waals surface area contributed by atoms with E-state index < -0.39 is 18.3 Å². The van der Waals surface area contributed by atoms with Gasteiger partial charge in [0.15, 0.2) is 0 Å². The van der Waals surface area contributed by atoms with Crippen LogP contribution in [0.3, 0.4) is 0 Å². The van der Waals surface area contributed by atoms with Crippen molar-refractivity contribution in [1.82, 2.24) is 0 Å². The molecule has 0 aliphatic carbocycles. The Balaban J connectivity index is 3.32. The second-order valence-corrected chi connectivity index (χ2v) is 3.20. The van der Waals surface area contributed by atoms with Gasteiger partial charge in [0.05, 0.1) is 24.3 Å². The maximum atomic E-state index is 12.3. The zero-order valence-electron chi connectivity index (χ0n) is 7.73. The molecule has 0 aromatic heterocycles. The van der Waals surface area contributed by atoms with Gasteiger partial charge in [0.25, 0.3) is 0 Å². The summed E-state index contributed by atoms with van der Waals surface area (Å²) in [6.07, 6.45) is -4.48. The Hall–Kier alpha value is -0.940. The lowest BCUT2D eigenvalue weighted by Gasteiger charge is -2.13. The molecule has 0 amide bonds. The van der Waals surface area contributed by atoms with Gasteiger partial charge < -0.3 is 9.84 Å². The molecule has 1 aromatic carbocycles. The van der Waals surface area contributed by atoms with Crippen LogP contribution in [-0.4, -0.2) is 12.2 Å². The largest absolute Gasteiger partial charge is 0.496 e.